The Labute approximate surface area is 183 Å². The first-order valence-corrected chi connectivity index (χ1v) is 12.0. The van der Waals surface area contributed by atoms with Gasteiger partial charge in [-0.15, -0.1) is 0 Å². The molecule has 8 heteroatoms. The third-order valence-corrected chi connectivity index (χ3v) is 7.29. The summed E-state index contributed by atoms with van der Waals surface area (Å²) in [4.78, 5) is 13.0. The van der Waals surface area contributed by atoms with Crippen LogP contribution in [0, 0.1) is 13.8 Å². The van der Waals surface area contributed by atoms with Crippen molar-refractivity contribution in [3.8, 4) is 0 Å². The summed E-state index contributed by atoms with van der Waals surface area (Å²) in [6, 6.07) is 11.6. The lowest BCUT2D eigenvalue weighted by atomic mass is 9.95. The molecule has 162 valence electrons. The maximum atomic E-state index is 13.1. The van der Waals surface area contributed by atoms with Crippen LogP contribution in [0.4, 0.5) is 11.5 Å². The number of aromatic nitrogens is 3. The van der Waals surface area contributed by atoms with Crippen LogP contribution in [0.15, 0.2) is 55.0 Å². The molecule has 0 saturated carbocycles. The number of hydrogen-bond acceptors (Lipinski definition) is 6. The van der Waals surface area contributed by atoms with Crippen molar-refractivity contribution in [1.82, 2.24) is 19.3 Å². The fraction of sp³-hybridized carbons (Fsp3) is 0.348. The highest BCUT2D eigenvalue weighted by Crippen LogP contribution is 2.30. The average molecular weight is 438 g/mol. The largest absolute Gasteiger partial charge is 0.339 e. The van der Waals surface area contributed by atoms with E-state index in [1.54, 1.807) is 22.9 Å². The monoisotopic (exact) mass is 437 g/mol. The van der Waals surface area contributed by atoms with E-state index in [1.165, 1.54) is 0 Å². The van der Waals surface area contributed by atoms with E-state index in [4.69, 9.17) is 4.98 Å². The molecule has 1 N–H and O–H groups in total. The number of rotatable bonds is 6. The summed E-state index contributed by atoms with van der Waals surface area (Å²) in [5.41, 5.74) is 4.60. The van der Waals surface area contributed by atoms with Gasteiger partial charge >= 0.3 is 0 Å². The number of sulfonamides is 1. The van der Waals surface area contributed by atoms with Gasteiger partial charge in [-0.3, -0.25) is 9.97 Å². The van der Waals surface area contributed by atoms with Gasteiger partial charge in [-0.2, -0.15) is 0 Å². The molecule has 0 radical (unpaired) electrons. The van der Waals surface area contributed by atoms with Crippen LogP contribution >= 0.6 is 0 Å². The van der Waals surface area contributed by atoms with Crippen molar-refractivity contribution in [2.24, 2.45) is 0 Å². The van der Waals surface area contributed by atoms with Gasteiger partial charge in [0.15, 0.2) is 0 Å². The second kappa shape index (κ2) is 9.11. The zero-order valence-corrected chi connectivity index (χ0v) is 18.6. The molecule has 2 aromatic heterocycles. The minimum Gasteiger partial charge on any atom is -0.339 e. The molecule has 1 fully saturated rings. The third kappa shape index (κ3) is 5.45. The van der Waals surface area contributed by atoms with Gasteiger partial charge in [-0.1, -0.05) is 29.8 Å². The van der Waals surface area contributed by atoms with Crippen molar-refractivity contribution in [1.29, 1.82) is 0 Å². The number of piperidine rings is 1. The fourth-order valence-corrected chi connectivity index (χ4v) is 5.52. The van der Waals surface area contributed by atoms with Crippen molar-refractivity contribution >= 4 is 21.5 Å². The molecule has 1 unspecified atom stereocenters. The number of pyridine rings is 1. The molecule has 1 atom stereocenters. The van der Waals surface area contributed by atoms with Crippen LogP contribution < -0.4 is 5.32 Å². The molecular formula is C23H27N5O2S. The lowest BCUT2D eigenvalue weighted by molar-refractivity contribution is 0.312. The van der Waals surface area contributed by atoms with Gasteiger partial charge in [0, 0.05) is 48.5 Å². The zero-order chi connectivity index (χ0) is 21.8. The summed E-state index contributed by atoms with van der Waals surface area (Å²) in [6.45, 7) is 4.95. The lowest BCUT2D eigenvalue weighted by Gasteiger charge is -2.32. The second-order valence-electron chi connectivity index (χ2n) is 8.08. The number of anilines is 2. The summed E-state index contributed by atoms with van der Waals surface area (Å²) < 4.78 is 27.8. The lowest BCUT2D eigenvalue weighted by Crippen LogP contribution is -2.40. The van der Waals surface area contributed by atoms with E-state index in [-0.39, 0.29) is 11.7 Å². The average Bonchev–Trinajstić information content (AvgIpc) is 2.76. The number of benzene rings is 1. The Bertz CT molecular complexity index is 1130. The molecule has 31 heavy (non-hydrogen) atoms. The molecule has 1 aromatic carbocycles. The Morgan fingerprint density at radius 3 is 2.68 bits per heavy atom. The molecule has 1 saturated heterocycles. The molecule has 3 aromatic rings. The van der Waals surface area contributed by atoms with Gasteiger partial charge in [0.25, 0.3) is 0 Å². The van der Waals surface area contributed by atoms with Crippen molar-refractivity contribution < 1.29 is 8.42 Å². The van der Waals surface area contributed by atoms with Gasteiger partial charge in [-0.05, 0) is 44.4 Å². The van der Waals surface area contributed by atoms with Crippen LogP contribution in [0.2, 0.25) is 0 Å². The Kier molecular flexibility index (Phi) is 6.29. The first-order valence-electron chi connectivity index (χ1n) is 10.4. The van der Waals surface area contributed by atoms with Gasteiger partial charge in [-0.25, -0.2) is 17.7 Å². The van der Waals surface area contributed by atoms with E-state index >= 15 is 0 Å². The zero-order valence-electron chi connectivity index (χ0n) is 17.8. The highest BCUT2D eigenvalue weighted by Gasteiger charge is 2.30. The SMILES string of the molecule is Cc1ccc(CS(=O)(=O)N2CCCC(c3cc(Nc4cnccn4)cc(C)n3)C2)cc1. The van der Waals surface area contributed by atoms with Crippen molar-refractivity contribution in [3.05, 3.63) is 77.5 Å². The van der Waals surface area contributed by atoms with Crippen LogP contribution in [0.1, 0.15) is 41.3 Å². The summed E-state index contributed by atoms with van der Waals surface area (Å²) in [5.74, 6) is 0.745. The van der Waals surface area contributed by atoms with Crippen molar-refractivity contribution in [2.75, 3.05) is 18.4 Å². The van der Waals surface area contributed by atoms with Gasteiger partial charge in [0.05, 0.1) is 11.9 Å². The van der Waals surface area contributed by atoms with E-state index in [0.717, 1.165) is 41.0 Å². The third-order valence-electron chi connectivity index (χ3n) is 5.47. The van der Waals surface area contributed by atoms with Crippen molar-refractivity contribution in [3.63, 3.8) is 0 Å². The van der Waals surface area contributed by atoms with Crippen LogP contribution in [0.5, 0.6) is 0 Å². The fourth-order valence-electron chi connectivity index (χ4n) is 3.91. The summed E-state index contributed by atoms with van der Waals surface area (Å²) in [7, 11) is -3.39. The topological polar surface area (TPSA) is 88.1 Å². The highest BCUT2D eigenvalue weighted by molar-refractivity contribution is 7.88. The van der Waals surface area contributed by atoms with Crippen LogP contribution in [0.25, 0.3) is 0 Å². The minimum atomic E-state index is -3.39. The molecule has 0 aliphatic carbocycles. The number of nitrogens with zero attached hydrogens (tertiary/aromatic N) is 4. The number of hydrogen-bond donors (Lipinski definition) is 1. The van der Waals surface area contributed by atoms with E-state index in [9.17, 15) is 8.42 Å². The van der Waals surface area contributed by atoms with Gasteiger partial charge in [0.2, 0.25) is 10.0 Å². The molecule has 7 nitrogen and oxygen atoms in total. The molecule has 4 rings (SSSR count). The molecule has 1 aliphatic heterocycles. The molecule has 0 amide bonds. The maximum absolute atomic E-state index is 13.1. The Balaban J connectivity index is 1.51. The number of aryl methyl sites for hydroxylation is 2. The first kappa shape index (κ1) is 21.4. The Morgan fingerprint density at radius 2 is 1.94 bits per heavy atom. The number of nitrogens with one attached hydrogen (secondary N) is 1. The van der Waals surface area contributed by atoms with E-state index in [0.29, 0.717) is 18.9 Å². The standard InChI is InChI=1S/C23H27N5O2S/c1-17-5-7-19(8-6-17)16-31(29,30)28-11-3-4-20(15-28)22-13-21(12-18(2)26-22)27-23-14-24-9-10-25-23/h5-10,12-14,20H,3-4,11,15-16H2,1-2H3,(H,25,26,27). The van der Waals surface area contributed by atoms with E-state index in [2.05, 4.69) is 15.3 Å². The van der Waals surface area contributed by atoms with Crippen LogP contribution in [0.3, 0.4) is 0 Å². The highest BCUT2D eigenvalue weighted by atomic mass is 32.2. The maximum Gasteiger partial charge on any atom is 0.218 e. The molecule has 3 heterocycles. The Morgan fingerprint density at radius 1 is 1.13 bits per heavy atom. The van der Waals surface area contributed by atoms with Gasteiger partial charge < -0.3 is 5.32 Å². The Hall–Kier alpha value is -2.84. The molecule has 0 bridgehead atoms. The van der Waals surface area contributed by atoms with Crippen molar-refractivity contribution in [2.45, 2.75) is 38.4 Å². The van der Waals surface area contributed by atoms with E-state index < -0.39 is 10.0 Å². The minimum absolute atomic E-state index is 0.0285. The van der Waals surface area contributed by atoms with Crippen LogP contribution in [-0.2, 0) is 15.8 Å². The molecular weight excluding hydrogens is 410 g/mol. The molecule has 1 aliphatic rings. The molecule has 0 spiro atoms. The predicted octanol–water partition coefficient (Wildman–Crippen LogP) is 3.94. The summed E-state index contributed by atoms with van der Waals surface area (Å²) in [6.07, 6.45) is 6.66. The normalized spacial score (nSPS) is 17.4. The second-order valence-corrected chi connectivity index (χ2v) is 10.0. The van der Waals surface area contributed by atoms with E-state index in [1.807, 2.05) is 50.2 Å². The summed E-state index contributed by atoms with van der Waals surface area (Å²) >= 11 is 0. The van der Waals surface area contributed by atoms with Gasteiger partial charge in [0.1, 0.15) is 5.82 Å². The first-order chi connectivity index (χ1) is 14.9. The summed E-state index contributed by atoms with van der Waals surface area (Å²) in [5, 5.41) is 3.26. The predicted molar refractivity (Wildman–Crippen MR) is 122 cm³/mol. The quantitative estimate of drug-likeness (QED) is 0.628. The van der Waals surface area contributed by atoms with Crippen LogP contribution in [-0.4, -0.2) is 40.8 Å². The smallest absolute Gasteiger partial charge is 0.218 e.